The molecule has 1 fully saturated rings. The normalized spacial score (nSPS) is 14.9. The number of piperazine rings is 1. The first-order valence-corrected chi connectivity index (χ1v) is 7.44. The van der Waals surface area contributed by atoms with Crippen molar-refractivity contribution in [2.75, 3.05) is 32.7 Å². The molecule has 108 valence electrons. The molecule has 0 spiro atoms. The number of rotatable bonds is 4. The van der Waals surface area contributed by atoms with Crippen LogP contribution in [0.4, 0.5) is 0 Å². The lowest BCUT2D eigenvalue weighted by atomic mass is 10.1. The van der Waals surface area contributed by atoms with Gasteiger partial charge in [0.1, 0.15) is 0 Å². The van der Waals surface area contributed by atoms with Crippen LogP contribution < -0.4 is 10.6 Å². The zero-order valence-corrected chi connectivity index (χ0v) is 12.8. The number of hydrogen-bond acceptors (Lipinski definition) is 3. The average molecular weight is 340 g/mol. The van der Waals surface area contributed by atoms with Crippen molar-refractivity contribution in [1.29, 1.82) is 0 Å². The van der Waals surface area contributed by atoms with Gasteiger partial charge in [-0.25, -0.2) is 0 Å². The molecule has 0 saturated carbocycles. The van der Waals surface area contributed by atoms with E-state index in [1.54, 1.807) is 4.90 Å². The van der Waals surface area contributed by atoms with Crippen LogP contribution in [0.1, 0.15) is 5.56 Å². The van der Waals surface area contributed by atoms with Gasteiger partial charge in [0.2, 0.25) is 11.8 Å². The molecule has 1 saturated heterocycles. The molecule has 1 aliphatic rings. The second-order valence-electron chi connectivity index (χ2n) is 4.71. The molecule has 20 heavy (non-hydrogen) atoms. The highest BCUT2D eigenvalue weighted by molar-refractivity contribution is 9.10. The quantitative estimate of drug-likeness (QED) is 0.841. The van der Waals surface area contributed by atoms with Crippen molar-refractivity contribution < 1.29 is 9.59 Å². The summed E-state index contributed by atoms with van der Waals surface area (Å²) in [6, 6.07) is 7.58. The maximum absolute atomic E-state index is 11.9. The van der Waals surface area contributed by atoms with Gasteiger partial charge in [0.25, 0.3) is 0 Å². The summed E-state index contributed by atoms with van der Waals surface area (Å²) in [5.41, 5.74) is 0.931. The third-order valence-corrected chi connectivity index (χ3v) is 3.71. The summed E-state index contributed by atoms with van der Waals surface area (Å²) < 4.78 is 0.982. The van der Waals surface area contributed by atoms with E-state index in [1.165, 1.54) is 0 Å². The second kappa shape index (κ2) is 7.40. The highest BCUT2D eigenvalue weighted by atomic mass is 79.9. The first-order valence-electron chi connectivity index (χ1n) is 6.65. The lowest BCUT2D eigenvalue weighted by Crippen LogP contribution is -2.49. The van der Waals surface area contributed by atoms with Gasteiger partial charge >= 0.3 is 0 Å². The first kappa shape index (κ1) is 15.0. The van der Waals surface area contributed by atoms with Crippen molar-refractivity contribution in [1.82, 2.24) is 15.5 Å². The van der Waals surface area contributed by atoms with Gasteiger partial charge < -0.3 is 15.5 Å². The smallest absolute Gasteiger partial charge is 0.242 e. The Bertz CT molecular complexity index is 470. The van der Waals surface area contributed by atoms with Gasteiger partial charge in [-0.1, -0.05) is 28.1 Å². The molecule has 2 amide bonds. The summed E-state index contributed by atoms with van der Waals surface area (Å²) in [4.78, 5) is 25.4. The molecule has 1 aromatic rings. The number of benzene rings is 1. The minimum Gasteiger partial charge on any atom is -0.347 e. The van der Waals surface area contributed by atoms with E-state index in [1.807, 2.05) is 24.3 Å². The van der Waals surface area contributed by atoms with Gasteiger partial charge in [0, 0.05) is 30.7 Å². The molecule has 0 atom stereocenters. The lowest BCUT2D eigenvalue weighted by molar-refractivity contribution is -0.133. The molecular weight excluding hydrogens is 322 g/mol. The Hall–Kier alpha value is -1.40. The number of carbonyl (C=O) groups excluding carboxylic acids is 2. The molecule has 1 aromatic carbocycles. The molecule has 0 aromatic heterocycles. The van der Waals surface area contributed by atoms with Crippen LogP contribution in [0.3, 0.4) is 0 Å². The Kier molecular flexibility index (Phi) is 5.55. The summed E-state index contributed by atoms with van der Waals surface area (Å²) in [5, 5.41) is 5.87. The van der Waals surface area contributed by atoms with Crippen LogP contribution in [0, 0.1) is 0 Å². The van der Waals surface area contributed by atoms with Gasteiger partial charge in [0.15, 0.2) is 0 Å². The standard InChI is InChI=1S/C14H18BrN3O2/c15-12-3-1-11(2-4-12)9-13(19)17-10-14(20)18-7-5-16-6-8-18/h1-4,16H,5-10H2,(H,17,19). The highest BCUT2D eigenvalue weighted by Crippen LogP contribution is 2.10. The van der Waals surface area contributed by atoms with Crippen molar-refractivity contribution in [3.8, 4) is 0 Å². The molecule has 6 heteroatoms. The molecule has 2 N–H and O–H groups in total. The fraction of sp³-hybridized carbons (Fsp3) is 0.429. The Labute approximate surface area is 126 Å². The second-order valence-corrected chi connectivity index (χ2v) is 5.63. The van der Waals surface area contributed by atoms with E-state index in [4.69, 9.17) is 0 Å². The Morgan fingerprint density at radius 1 is 1.20 bits per heavy atom. The minimum atomic E-state index is -0.129. The zero-order valence-electron chi connectivity index (χ0n) is 11.2. The molecule has 1 aliphatic heterocycles. The van der Waals surface area contributed by atoms with E-state index >= 15 is 0 Å². The van der Waals surface area contributed by atoms with E-state index in [0.717, 1.165) is 23.1 Å². The number of carbonyl (C=O) groups is 2. The maximum Gasteiger partial charge on any atom is 0.242 e. The molecule has 0 bridgehead atoms. The SMILES string of the molecule is O=C(Cc1ccc(Br)cc1)NCC(=O)N1CCNCC1. The largest absolute Gasteiger partial charge is 0.347 e. The fourth-order valence-electron chi connectivity index (χ4n) is 2.05. The Morgan fingerprint density at radius 2 is 1.85 bits per heavy atom. The molecule has 2 rings (SSSR count). The van der Waals surface area contributed by atoms with Gasteiger partial charge in [-0.05, 0) is 17.7 Å². The molecule has 1 heterocycles. The number of hydrogen-bond donors (Lipinski definition) is 2. The van der Waals surface area contributed by atoms with Gasteiger partial charge in [-0.2, -0.15) is 0 Å². The molecule has 0 aliphatic carbocycles. The Morgan fingerprint density at radius 3 is 2.50 bits per heavy atom. The van der Waals surface area contributed by atoms with E-state index in [2.05, 4.69) is 26.6 Å². The highest BCUT2D eigenvalue weighted by Gasteiger charge is 2.16. The fourth-order valence-corrected chi connectivity index (χ4v) is 2.31. The van der Waals surface area contributed by atoms with Crippen LogP contribution in [-0.4, -0.2) is 49.4 Å². The van der Waals surface area contributed by atoms with Gasteiger partial charge in [0.05, 0.1) is 13.0 Å². The van der Waals surface area contributed by atoms with Gasteiger partial charge in [-0.15, -0.1) is 0 Å². The summed E-state index contributed by atoms with van der Waals surface area (Å²) in [6.45, 7) is 3.13. The number of halogens is 1. The van der Waals surface area contributed by atoms with Crippen molar-refractivity contribution in [2.45, 2.75) is 6.42 Å². The summed E-state index contributed by atoms with van der Waals surface area (Å²) in [5.74, 6) is -0.147. The summed E-state index contributed by atoms with van der Waals surface area (Å²) >= 11 is 3.35. The molecule has 0 unspecified atom stereocenters. The number of nitrogens with zero attached hydrogens (tertiary/aromatic N) is 1. The van der Waals surface area contributed by atoms with E-state index in [-0.39, 0.29) is 18.4 Å². The molecule has 5 nitrogen and oxygen atoms in total. The maximum atomic E-state index is 11.9. The summed E-state index contributed by atoms with van der Waals surface area (Å²) in [7, 11) is 0. The minimum absolute atomic E-state index is 0.0179. The predicted octanol–water partition coefficient (Wildman–Crippen LogP) is 0.540. The van der Waals surface area contributed by atoms with Crippen molar-refractivity contribution in [2.24, 2.45) is 0 Å². The zero-order chi connectivity index (χ0) is 14.4. The predicted molar refractivity (Wildman–Crippen MR) is 80.3 cm³/mol. The van der Waals surface area contributed by atoms with Crippen LogP contribution in [0.15, 0.2) is 28.7 Å². The lowest BCUT2D eigenvalue weighted by Gasteiger charge is -2.27. The van der Waals surface area contributed by atoms with E-state index in [9.17, 15) is 9.59 Å². The first-order chi connectivity index (χ1) is 9.65. The Balaban J connectivity index is 1.74. The topological polar surface area (TPSA) is 61.4 Å². The third-order valence-electron chi connectivity index (χ3n) is 3.18. The van der Waals surface area contributed by atoms with Crippen molar-refractivity contribution in [3.05, 3.63) is 34.3 Å². The number of nitrogens with one attached hydrogen (secondary N) is 2. The van der Waals surface area contributed by atoms with Crippen molar-refractivity contribution in [3.63, 3.8) is 0 Å². The average Bonchev–Trinajstić information content (AvgIpc) is 2.48. The van der Waals surface area contributed by atoms with E-state index in [0.29, 0.717) is 19.5 Å². The molecular formula is C14H18BrN3O2. The number of amides is 2. The van der Waals surface area contributed by atoms with Gasteiger partial charge in [-0.3, -0.25) is 9.59 Å². The molecule has 0 radical (unpaired) electrons. The van der Waals surface area contributed by atoms with E-state index < -0.39 is 0 Å². The van der Waals surface area contributed by atoms with Crippen LogP contribution in [0.2, 0.25) is 0 Å². The van der Waals surface area contributed by atoms with Crippen LogP contribution in [0.25, 0.3) is 0 Å². The third kappa shape index (κ3) is 4.61. The van der Waals surface area contributed by atoms with Crippen LogP contribution in [-0.2, 0) is 16.0 Å². The summed E-state index contributed by atoms with van der Waals surface area (Å²) in [6.07, 6.45) is 0.294. The monoisotopic (exact) mass is 339 g/mol. The van der Waals surface area contributed by atoms with Crippen molar-refractivity contribution >= 4 is 27.7 Å². The van der Waals surface area contributed by atoms with Crippen LogP contribution in [0.5, 0.6) is 0 Å². The van der Waals surface area contributed by atoms with Crippen LogP contribution >= 0.6 is 15.9 Å².